The zero-order chi connectivity index (χ0) is 14.3. The summed E-state index contributed by atoms with van der Waals surface area (Å²) in [5, 5.41) is 4.57. The second-order valence-corrected chi connectivity index (χ2v) is 7.54. The summed E-state index contributed by atoms with van der Waals surface area (Å²) < 4.78 is 5.70. The molecule has 0 amide bonds. The molecular weight excluding hydrogens is 256 g/mol. The Kier molecular flexibility index (Phi) is 4.05. The lowest BCUT2D eigenvalue weighted by Gasteiger charge is -2.34. The smallest absolute Gasteiger partial charge is 0.125 e. The largest absolute Gasteiger partial charge is 0.371 e. The van der Waals surface area contributed by atoms with E-state index in [-0.39, 0.29) is 5.60 Å². The van der Waals surface area contributed by atoms with E-state index in [0.29, 0.717) is 11.5 Å². The van der Waals surface area contributed by atoms with Crippen molar-refractivity contribution in [3.05, 3.63) is 15.6 Å². The minimum atomic E-state index is -0.246. The molecule has 1 N–H and O–H groups in total. The summed E-state index contributed by atoms with van der Waals surface area (Å²) in [5.41, 5.74) is 1.35. The molecule has 4 heteroatoms. The van der Waals surface area contributed by atoms with Crippen molar-refractivity contribution in [1.29, 1.82) is 0 Å². The van der Waals surface area contributed by atoms with E-state index in [2.05, 4.69) is 33.0 Å². The number of nitrogens with zero attached hydrogens (tertiary/aromatic N) is 1. The van der Waals surface area contributed by atoms with E-state index in [1.807, 2.05) is 18.4 Å². The Morgan fingerprint density at radius 1 is 1.53 bits per heavy atom. The molecule has 1 heterocycles. The molecule has 2 atom stereocenters. The van der Waals surface area contributed by atoms with Gasteiger partial charge in [-0.25, -0.2) is 4.98 Å². The predicted molar refractivity (Wildman–Crippen MR) is 80.7 cm³/mol. The molecule has 2 rings (SSSR count). The van der Waals surface area contributed by atoms with Crippen LogP contribution in [0.2, 0.25) is 0 Å². The van der Waals surface area contributed by atoms with Crippen LogP contribution in [0, 0.1) is 5.41 Å². The van der Waals surface area contributed by atoms with Crippen molar-refractivity contribution in [2.24, 2.45) is 5.41 Å². The van der Waals surface area contributed by atoms with Gasteiger partial charge in [0.1, 0.15) is 10.6 Å². The average molecular weight is 282 g/mol. The molecule has 0 saturated carbocycles. The van der Waals surface area contributed by atoms with Gasteiger partial charge in [0.25, 0.3) is 0 Å². The summed E-state index contributed by atoms with van der Waals surface area (Å²) in [6, 6.07) is 0.433. The molecule has 0 radical (unpaired) electrons. The zero-order valence-corrected chi connectivity index (χ0v) is 13.8. The van der Waals surface area contributed by atoms with Crippen LogP contribution in [0.25, 0.3) is 0 Å². The van der Waals surface area contributed by atoms with Crippen molar-refractivity contribution >= 4 is 11.3 Å². The van der Waals surface area contributed by atoms with Gasteiger partial charge in [-0.3, -0.25) is 0 Å². The van der Waals surface area contributed by atoms with Crippen molar-refractivity contribution in [2.45, 2.75) is 58.6 Å². The highest BCUT2D eigenvalue weighted by molar-refractivity contribution is 7.12. The monoisotopic (exact) mass is 282 g/mol. The number of ether oxygens (including phenoxy) is 1. The maximum Gasteiger partial charge on any atom is 0.125 e. The molecule has 3 nitrogen and oxygen atoms in total. The van der Waals surface area contributed by atoms with Crippen LogP contribution in [0.5, 0.6) is 0 Å². The van der Waals surface area contributed by atoms with Crippen LogP contribution < -0.4 is 5.32 Å². The zero-order valence-electron chi connectivity index (χ0n) is 13.0. The first-order valence-corrected chi connectivity index (χ1v) is 7.89. The molecule has 1 aliphatic carbocycles. The topological polar surface area (TPSA) is 34.1 Å². The van der Waals surface area contributed by atoms with Crippen LogP contribution in [0.3, 0.4) is 0 Å². The fourth-order valence-corrected chi connectivity index (χ4v) is 4.16. The molecular formula is C15H26N2OS. The van der Waals surface area contributed by atoms with Gasteiger partial charge in [-0.05, 0) is 38.6 Å². The predicted octanol–water partition coefficient (Wildman–Crippen LogP) is 3.65. The minimum Gasteiger partial charge on any atom is -0.371 e. The lowest BCUT2D eigenvalue weighted by atomic mass is 9.76. The molecule has 1 aromatic rings. The molecule has 0 aliphatic heterocycles. The average Bonchev–Trinajstić information content (AvgIpc) is 2.79. The number of methoxy groups -OCH3 is 1. The van der Waals surface area contributed by atoms with E-state index < -0.39 is 0 Å². The Labute approximate surface area is 120 Å². The Balaban J connectivity index is 2.42. The van der Waals surface area contributed by atoms with Crippen LogP contribution in [0.4, 0.5) is 0 Å². The van der Waals surface area contributed by atoms with Gasteiger partial charge in [-0.15, -0.1) is 11.3 Å². The third-order valence-electron chi connectivity index (χ3n) is 4.37. The number of hydrogen-bond acceptors (Lipinski definition) is 4. The Morgan fingerprint density at radius 2 is 2.21 bits per heavy atom. The maximum atomic E-state index is 5.70. The second kappa shape index (κ2) is 5.15. The van der Waals surface area contributed by atoms with Crippen LogP contribution >= 0.6 is 11.3 Å². The highest BCUT2D eigenvalue weighted by atomic mass is 32.1. The van der Waals surface area contributed by atoms with Gasteiger partial charge in [0.05, 0.1) is 5.69 Å². The molecule has 2 unspecified atom stereocenters. The normalized spacial score (nSPS) is 24.8. The minimum absolute atomic E-state index is 0.246. The van der Waals surface area contributed by atoms with Crippen LogP contribution in [0.1, 0.15) is 62.2 Å². The van der Waals surface area contributed by atoms with Crippen molar-refractivity contribution in [3.63, 3.8) is 0 Å². The van der Waals surface area contributed by atoms with Gasteiger partial charge in [0.15, 0.2) is 0 Å². The van der Waals surface area contributed by atoms with Gasteiger partial charge >= 0.3 is 0 Å². The van der Waals surface area contributed by atoms with E-state index in [1.165, 1.54) is 17.0 Å². The van der Waals surface area contributed by atoms with E-state index in [1.54, 1.807) is 7.11 Å². The molecule has 0 bridgehead atoms. The number of rotatable bonds is 4. The second-order valence-electron chi connectivity index (χ2n) is 6.50. The van der Waals surface area contributed by atoms with Crippen molar-refractivity contribution in [1.82, 2.24) is 10.3 Å². The van der Waals surface area contributed by atoms with Crippen LogP contribution in [0.15, 0.2) is 0 Å². The highest BCUT2D eigenvalue weighted by Gasteiger charge is 2.37. The Morgan fingerprint density at radius 3 is 2.74 bits per heavy atom. The summed E-state index contributed by atoms with van der Waals surface area (Å²) in [6.45, 7) is 8.95. The summed E-state index contributed by atoms with van der Waals surface area (Å²) >= 11 is 1.83. The highest BCUT2D eigenvalue weighted by Crippen LogP contribution is 2.45. The van der Waals surface area contributed by atoms with Crippen LogP contribution in [-0.4, -0.2) is 19.1 Å². The number of hydrogen-bond donors (Lipinski definition) is 1. The number of fused-ring (bicyclic) bond motifs is 1. The van der Waals surface area contributed by atoms with E-state index >= 15 is 0 Å². The summed E-state index contributed by atoms with van der Waals surface area (Å²) in [5.74, 6) is 0. The van der Waals surface area contributed by atoms with Crippen molar-refractivity contribution in [3.8, 4) is 0 Å². The van der Waals surface area contributed by atoms with Gasteiger partial charge < -0.3 is 10.1 Å². The molecule has 1 aromatic heterocycles. The fourth-order valence-electron chi connectivity index (χ4n) is 2.78. The number of nitrogens with one attached hydrogen (secondary N) is 1. The third-order valence-corrected chi connectivity index (χ3v) is 5.83. The van der Waals surface area contributed by atoms with Gasteiger partial charge in [0.2, 0.25) is 0 Å². The lowest BCUT2D eigenvalue weighted by molar-refractivity contribution is -0.00172. The molecule has 0 aromatic carbocycles. The van der Waals surface area contributed by atoms with E-state index in [4.69, 9.17) is 9.72 Å². The number of thiazole rings is 1. The lowest BCUT2D eigenvalue weighted by Crippen LogP contribution is -2.30. The Hall–Kier alpha value is -0.450. The molecule has 1 aliphatic rings. The van der Waals surface area contributed by atoms with E-state index in [9.17, 15) is 0 Å². The van der Waals surface area contributed by atoms with Crippen LogP contribution in [-0.2, 0) is 16.8 Å². The first-order chi connectivity index (χ1) is 8.85. The van der Waals surface area contributed by atoms with E-state index in [0.717, 1.165) is 17.8 Å². The summed E-state index contributed by atoms with van der Waals surface area (Å²) in [6.07, 6.45) is 3.19. The van der Waals surface area contributed by atoms with Gasteiger partial charge in [0, 0.05) is 18.0 Å². The quantitative estimate of drug-likeness (QED) is 0.915. The fraction of sp³-hybridized carbons (Fsp3) is 0.800. The van der Waals surface area contributed by atoms with Gasteiger partial charge in [-0.2, -0.15) is 0 Å². The number of aromatic nitrogens is 1. The first-order valence-electron chi connectivity index (χ1n) is 7.07. The molecule has 0 spiro atoms. The summed E-state index contributed by atoms with van der Waals surface area (Å²) in [4.78, 5) is 6.32. The third kappa shape index (κ3) is 2.71. The first kappa shape index (κ1) is 14.9. The maximum absolute atomic E-state index is 5.70. The standard InChI is InChI=1S/C15H26N2OS/c1-7-15(4,18-6)13-17-11-9-14(2,3)8-10(16-5)12(11)19-13/h10,16H,7-9H2,1-6H3. The molecule has 0 saturated heterocycles. The molecule has 108 valence electrons. The van der Waals surface area contributed by atoms with Crippen molar-refractivity contribution in [2.75, 3.05) is 14.2 Å². The SMILES string of the molecule is CCC(C)(OC)c1nc2c(s1)C(NC)CC(C)(C)C2. The molecule has 19 heavy (non-hydrogen) atoms. The molecule has 0 fully saturated rings. The van der Waals surface area contributed by atoms with Crippen molar-refractivity contribution < 1.29 is 4.74 Å². The van der Waals surface area contributed by atoms with Gasteiger partial charge in [-0.1, -0.05) is 20.8 Å². The Bertz CT molecular complexity index is 449. The summed E-state index contributed by atoms with van der Waals surface area (Å²) in [7, 11) is 3.83.